The zero-order chi connectivity index (χ0) is 25.3. The fourth-order valence-corrected chi connectivity index (χ4v) is 4.92. The molecule has 4 rings (SSSR count). The summed E-state index contributed by atoms with van der Waals surface area (Å²) in [6, 6.07) is 1.06. The molecule has 2 aromatic rings. The molecular formula is C22H20ClF3N4O4S. The molecule has 0 saturated carbocycles. The zero-order valence-corrected chi connectivity index (χ0v) is 19.9. The number of amidine groups is 1. The number of benzene rings is 1. The molecule has 0 bridgehead atoms. The van der Waals surface area contributed by atoms with E-state index in [4.69, 9.17) is 16.3 Å². The second-order valence-corrected chi connectivity index (χ2v) is 9.24. The van der Waals surface area contributed by atoms with Crippen LogP contribution in [0.25, 0.3) is 0 Å². The summed E-state index contributed by atoms with van der Waals surface area (Å²) in [5, 5.41) is 14.6. The number of carboxylic acids is 1. The molecule has 0 aliphatic carbocycles. The lowest BCUT2D eigenvalue weighted by molar-refractivity contribution is -0.142. The van der Waals surface area contributed by atoms with Gasteiger partial charge in [-0.1, -0.05) is 17.7 Å². The van der Waals surface area contributed by atoms with E-state index in [1.165, 1.54) is 23.6 Å². The van der Waals surface area contributed by atoms with E-state index in [1.54, 1.807) is 12.3 Å². The van der Waals surface area contributed by atoms with Crippen molar-refractivity contribution in [3.63, 3.8) is 0 Å². The number of aliphatic carboxylic acids is 1. The topological polar surface area (TPSA) is 104 Å². The number of nitrogens with one attached hydrogen (secondary N) is 1. The van der Waals surface area contributed by atoms with Gasteiger partial charge in [-0.05, 0) is 19.1 Å². The van der Waals surface area contributed by atoms with Crippen LogP contribution in [-0.2, 0) is 14.3 Å². The second-order valence-electron chi connectivity index (χ2n) is 7.94. The number of hydrogen-bond acceptors (Lipinski definition) is 8. The minimum atomic E-state index is -3.21. The molecule has 1 saturated heterocycles. The van der Waals surface area contributed by atoms with Crippen molar-refractivity contribution >= 4 is 40.7 Å². The maximum absolute atomic E-state index is 14.1. The highest BCUT2D eigenvalue weighted by molar-refractivity contribution is 7.11. The molecule has 1 unspecified atom stereocenters. The molecule has 2 atom stereocenters. The van der Waals surface area contributed by atoms with E-state index in [0.717, 1.165) is 17.0 Å². The van der Waals surface area contributed by atoms with Gasteiger partial charge in [0.1, 0.15) is 17.9 Å². The molecule has 1 aromatic carbocycles. The first-order valence-corrected chi connectivity index (χ1v) is 11.8. The van der Waals surface area contributed by atoms with Gasteiger partial charge in [-0.25, -0.2) is 22.9 Å². The molecule has 1 aromatic heterocycles. The highest BCUT2D eigenvalue weighted by Crippen LogP contribution is 2.38. The van der Waals surface area contributed by atoms with Crippen LogP contribution in [0.15, 0.2) is 46.0 Å². The van der Waals surface area contributed by atoms with Crippen LogP contribution in [0.2, 0.25) is 5.02 Å². The fourth-order valence-electron chi connectivity index (χ4n) is 4.06. The Hall–Kier alpha value is -2.96. The molecule has 8 nitrogen and oxygen atoms in total. The van der Waals surface area contributed by atoms with Crippen LogP contribution in [0.1, 0.15) is 30.0 Å². The maximum atomic E-state index is 14.1. The van der Waals surface area contributed by atoms with Gasteiger partial charge >= 0.3 is 11.9 Å². The first-order valence-electron chi connectivity index (χ1n) is 10.5. The predicted molar refractivity (Wildman–Crippen MR) is 122 cm³/mol. The Kier molecular flexibility index (Phi) is 7.15. The lowest BCUT2D eigenvalue weighted by Crippen LogP contribution is -2.43. The monoisotopic (exact) mass is 528 g/mol. The van der Waals surface area contributed by atoms with Crippen LogP contribution in [0.4, 0.5) is 13.2 Å². The molecule has 186 valence electrons. The van der Waals surface area contributed by atoms with E-state index in [2.05, 4.69) is 15.3 Å². The van der Waals surface area contributed by atoms with Gasteiger partial charge in [0.15, 0.2) is 10.8 Å². The van der Waals surface area contributed by atoms with Gasteiger partial charge in [0.25, 0.3) is 5.92 Å². The first-order chi connectivity index (χ1) is 16.6. The Morgan fingerprint density at radius 3 is 2.80 bits per heavy atom. The van der Waals surface area contributed by atoms with E-state index >= 15 is 0 Å². The lowest BCUT2D eigenvalue weighted by atomic mass is 9.95. The number of hydrogen-bond donors (Lipinski definition) is 2. The lowest BCUT2D eigenvalue weighted by Gasteiger charge is -2.30. The summed E-state index contributed by atoms with van der Waals surface area (Å²) >= 11 is 7.54. The maximum Gasteiger partial charge on any atom is 0.338 e. The number of alkyl halides is 2. The molecule has 3 heterocycles. The Morgan fingerprint density at radius 2 is 2.17 bits per heavy atom. The van der Waals surface area contributed by atoms with Crippen molar-refractivity contribution in [3.05, 3.63) is 62.5 Å². The first kappa shape index (κ1) is 25.1. The molecule has 1 fully saturated rings. The van der Waals surface area contributed by atoms with Crippen LogP contribution in [-0.4, -0.2) is 64.4 Å². The summed E-state index contributed by atoms with van der Waals surface area (Å²) < 4.78 is 47.3. The number of carbonyl (C=O) groups is 2. The number of rotatable bonds is 7. The normalized spacial score (nSPS) is 22.0. The van der Waals surface area contributed by atoms with E-state index in [0.29, 0.717) is 5.01 Å². The molecule has 2 aliphatic rings. The standard InChI is InChI=1S/C22H20ClF3N4O4S/c1-2-34-21(33)16-14(9-30-10-22(25,26)8-15(30)20(31)32)28-18(19-27-5-6-35-19)29-17(16)12-4-3-11(24)7-13(12)23/h3-7,15,17H,2,8-10H2,1H3,(H,28,29)(H,31,32)/t15-,17?/m0/s1. The average Bonchev–Trinajstić information content (AvgIpc) is 3.41. The fraction of sp³-hybridized carbons (Fsp3) is 0.364. The van der Waals surface area contributed by atoms with Crippen LogP contribution in [0.5, 0.6) is 0 Å². The van der Waals surface area contributed by atoms with Gasteiger partial charge < -0.3 is 15.2 Å². The number of ether oxygens (including phenoxy) is 1. The van der Waals surface area contributed by atoms with Crippen molar-refractivity contribution in [3.8, 4) is 0 Å². The Balaban J connectivity index is 1.84. The van der Waals surface area contributed by atoms with Gasteiger partial charge in [-0.2, -0.15) is 0 Å². The van der Waals surface area contributed by atoms with Gasteiger partial charge in [0.05, 0.1) is 18.7 Å². The van der Waals surface area contributed by atoms with Crippen molar-refractivity contribution in [2.75, 3.05) is 19.7 Å². The number of aromatic nitrogens is 1. The van der Waals surface area contributed by atoms with Crippen molar-refractivity contribution in [2.24, 2.45) is 4.99 Å². The van der Waals surface area contributed by atoms with Crippen molar-refractivity contribution < 1.29 is 32.6 Å². The Bertz CT molecular complexity index is 1210. The number of thiazole rings is 1. The van der Waals surface area contributed by atoms with Crippen molar-refractivity contribution in [2.45, 2.75) is 31.4 Å². The van der Waals surface area contributed by atoms with Gasteiger partial charge in [0.2, 0.25) is 0 Å². The van der Waals surface area contributed by atoms with Gasteiger partial charge in [-0.3, -0.25) is 14.7 Å². The van der Waals surface area contributed by atoms with Crippen LogP contribution in [0, 0.1) is 5.82 Å². The van der Waals surface area contributed by atoms with Crippen molar-refractivity contribution in [1.82, 2.24) is 15.2 Å². The van der Waals surface area contributed by atoms with Gasteiger partial charge in [0, 0.05) is 40.8 Å². The smallest absolute Gasteiger partial charge is 0.338 e. The predicted octanol–water partition coefficient (Wildman–Crippen LogP) is 3.64. The number of esters is 1. The summed E-state index contributed by atoms with van der Waals surface area (Å²) in [7, 11) is 0. The molecular weight excluding hydrogens is 509 g/mol. The van der Waals surface area contributed by atoms with E-state index in [9.17, 15) is 27.9 Å². The quantitative estimate of drug-likeness (QED) is 0.529. The third kappa shape index (κ3) is 5.34. The summed E-state index contributed by atoms with van der Waals surface area (Å²) in [5.74, 6) is -5.77. The molecule has 2 N–H and O–H groups in total. The minimum absolute atomic E-state index is 0.00333. The summed E-state index contributed by atoms with van der Waals surface area (Å²) in [5.41, 5.74) is 0.365. The van der Waals surface area contributed by atoms with E-state index in [-0.39, 0.29) is 40.8 Å². The minimum Gasteiger partial charge on any atom is -0.480 e. The van der Waals surface area contributed by atoms with E-state index < -0.39 is 48.7 Å². The third-order valence-electron chi connectivity index (χ3n) is 5.53. The molecule has 35 heavy (non-hydrogen) atoms. The second kappa shape index (κ2) is 9.96. The Morgan fingerprint density at radius 1 is 1.40 bits per heavy atom. The van der Waals surface area contributed by atoms with Crippen LogP contribution in [0.3, 0.4) is 0 Å². The zero-order valence-electron chi connectivity index (χ0n) is 18.3. The van der Waals surface area contributed by atoms with Crippen LogP contribution >= 0.6 is 22.9 Å². The largest absolute Gasteiger partial charge is 0.480 e. The van der Waals surface area contributed by atoms with Crippen LogP contribution < -0.4 is 5.32 Å². The summed E-state index contributed by atoms with van der Waals surface area (Å²) in [6.45, 7) is 0.472. The summed E-state index contributed by atoms with van der Waals surface area (Å²) in [4.78, 5) is 34.6. The highest BCUT2D eigenvalue weighted by atomic mass is 35.5. The number of halogens is 4. The van der Waals surface area contributed by atoms with E-state index in [1.807, 2.05) is 0 Å². The average molecular weight is 529 g/mol. The SMILES string of the molecule is CCOC(=O)C1=C(CN2CC(F)(F)C[C@H]2C(=O)O)NC(c2nccs2)=NC1c1ccc(F)cc1Cl. The molecule has 0 spiro atoms. The molecule has 13 heteroatoms. The number of nitrogens with zero attached hydrogens (tertiary/aromatic N) is 3. The van der Waals surface area contributed by atoms with Gasteiger partial charge in [-0.15, -0.1) is 11.3 Å². The molecule has 0 amide bonds. The third-order valence-corrected chi connectivity index (χ3v) is 6.63. The molecule has 2 aliphatic heterocycles. The number of likely N-dealkylation sites (tertiary alicyclic amines) is 1. The Labute approximate surface area is 207 Å². The number of aliphatic imine (C=N–C) groups is 1. The molecule has 0 radical (unpaired) electrons. The highest BCUT2D eigenvalue weighted by Gasteiger charge is 2.49. The van der Waals surface area contributed by atoms with Crippen molar-refractivity contribution in [1.29, 1.82) is 0 Å². The summed E-state index contributed by atoms with van der Waals surface area (Å²) in [6.07, 6.45) is 0.681. The number of carboxylic acid groups (broad SMARTS) is 1. The number of carbonyl (C=O) groups excluding carboxylic acids is 1.